The van der Waals surface area contributed by atoms with Crippen LogP contribution in [0.3, 0.4) is 0 Å². The molecule has 3 fully saturated rings. The van der Waals surface area contributed by atoms with Gasteiger partial charge in [0.2, 0.25) is 11.8 Å². The molecule has 3 aliphatic rings. The first-order chi connectivity index (χ1) is 19.5. The van der Waals surface area contributed by atoms with Crippen LogP contribution in [-0.2, 0) is 19.8 Å². The molecule has 1 saturated heterocycles. The molecule has 4 N–H and O–H groups in total. The van der Waals surface area contributed by atoms with Crippen LogP contribution in [0.15, 0.2) is 24.3 Å². The highest BCUT2D eigenvalue weighted by atomic mass is 32.2. The van der Waals surface area contributed by atoms with E-state index in [9.17, 15) is 27.2 Å². The van der Waals surface area contributed by atoms with E-state index in [0.29, 0.717) is 43.8 Å². The summed E-state index contributed by atoms with van der Waals surface area (Å²) in [6.07, 6.45) is 9.11. The largest absolute Gasteiger partial charge is 0.330 e. The minimum atomic E-state index is -3.93. The molecule has 228 valence electrons. The van der Waals surface area contributed by atoms with Crippen molar-refractivity contribution in [3.8, 4) is 0 Å². The van der Waals surface area contributed by atoms with Crippen LogP contribution in [0, 0.1) is 23.7 Å². The number of rotatable bonds is 9. The summed E-state index contributed by atoms with van der Waals surface area (Å²) in [5, 5.41) is 2.95. The van der Waals surface area contributed by atoms with Crippen molar-refractivity contribution in [3.63, 3.8) is 0 Å². The van der Waals surface area contributed by atoms with E-state index < -0.39 is 34.9 Å². The second-order valence-corrected chi connectivity index (χ2v) is 13.9. The summed E-state index contributed by atoms with van der Waals surface area (Å²) in [6, 6.07) is 4.95. The lowest BCUT2D eigenvalue weighted by molar-refractivity contribution is -0.142. The van der Waals surface area contributed by atoms with Crippen molar-refractivity contribution in [2.75, 3.05) is 32.6 Å². The van der Waals surface area contributed by atoms with Gasteiger partial charge < -0.3 is 16.0 Å². The molecule has 0 aromatic heterocycles. The smallest absolute Gasteiger partial charge is 0.303 e. The Balaban J connectivity index is 1.46. The van der Waals surface area contributed by atoms with Gasteiger partial charge in [0, 0.05) is 43.9 Å². The molecule has 1 aliphatic heterocycles. The lowest BCUT2D eigenvalue weighted by Crippen LogP contribution is -2.50. The fraction of sp³-hybridized carbons (Fsp3) is 0.690. The zero-order valence-electron chi connectivity index (χ0n) is 24.1. The number of carbonyl (C=O) groups is 3. The van der Waals surface area contributed by atoms with E-state index in [1.165, 1.54) is 32.6 Å². The highest BCUT2D eigenvalue weighted by molar-refractivity contribution is 7.87. The number of hydrogen-bond donors (Lipinski definition) is 3. The van der Waals surface area contributed by atoms with Crippen LogP contribution in [0.1, 0.15) is 74.6 Å². The molecule has 2 aliphatic carbocycles. The third-order valence-corrected chi connectivity index (χ3v) is 10.7. The Morgan fingerprint density at radius 3 is 2.22 bits per heavy atom. The Hall–Kier alpha value is -2.57. The monoisotopic (exact) mass is 593 g/mol. The first-order valence-electron chi connectivity index (χ1n) is 14.8. The lowest BCUT2D eigenvalue weighted by atomic mass is 9.76. The number of hydrogen-bond acceptors (Lipinski definition) is 6. The van der Waals surface area contributed by atoms with Gasteiger partial charge in [-0.3, -0.25) is 14.4 Å². The van der Waals surface area contributed by atoms with Crippen molar-refractivity contribution in [1.82, 2.24) is 13.9 Å². The van der Waals surface area contributed by atoms with E-state index >= 15 is 0 Å². The van der Waals surface area contributed by atoms with Gasteiger partial charge in [-0.25, -0.2) is 9.11 Å². The van der Waals surface area contributed by atoms with Gasteiger partial charge >= 0.3 is 10.2 Å². The Labute approximate surface area is 242 Å². The van der Waals surface area contributed by atoms with E-state index in [-0.39, 0.29) is 35.1 Å². The summed E-state index contributed by atoms with van der Waals surface area (Å²) in [4.78, 5) is 41.7. The van der Waals surface area contributed by atoms with Crippen LogP contribution in [0.4, 0.5) is 10.1 Å². The second-order valence-electron chi connectivity index (χ2n) is 12.0. The lowest BCUT2D eigenvalue weighted by Gasteiger charge is -2.36. The Bertz CT molecular complexity index is 1180. The molecule has 3 amide bonds. The molecular formula is C29H44FN5O5S. The minimum absolute atomic E-state index is 0.00449. The molecule has 2 saturated carbocycles. The van der Waals surface area contributed by atoms with Crippen LogP contribution in [0.5, 0.6) is 0 Å². The Kier molecular flexibility index (Phi) is 10.4. The fourth-order valence-corrected chi connectivity index (χ4v) is 7.33. The number of benzene rings is 1. The maximum absolute atomic E-state index is 13.8. The van der Waals surface area contributed by atoms with Gasteiger partial charge in [-0.2, -0.15) is 12.7 Å². The highest BCUT2D eigenvalue weighted by Crippen LogP contribution is 2.41. The van der Waals surface area contributed by atoms with Gasteiger partial charge in [-0.1, -0.05) is 32.1 Å². The zero-order valence-corrected chi connectivity index (χ0v) is 24.9. The first-order valence-corrected chi connectivity index (χ1v) is 16.2. The van der Waals surface area contributed by atoms with Gasteiger partial charge in [-0.05, 0) is 74.1 Å². The molecule has 0 radical (unpaired) electrons. The number of nitrogens with two attached hydrogens (primary N) is 1. The van der Waals surface area contributed by atoms with Crippen molar-refractivity contribution >= 4 is 33.6 Å². The van der Waals surface area contributed by atoms with Crippen molar-refractivity contribution in [2.45, 2.75) is 76.3 Å². The average molecular weight is 594 g/mol. The van der Waals surface area contributed by atoms with E-state index in [4.69, 9.17) is 5.73 Å². The minimum Gasteiger partial charge on any atom is -0.330 e. The van der Waals surface area contributed by atoms with Gasteiger partial charge in [0.15, 0.2) is 0 Å². The summed E-state index contributed by atoms with van der Waals surface area (Å²) in [5.74, 6) is -0.642. The highest BCUT2D eigenvalue weighted by Gasteiger charge is 2.47. The first kappa shape index (κ1) is 31.4. The molecule has 1 aromatic carbocycles. The molecule has 1 heterocycles. The van der Waals surface area contributed by atoms with Crippen LogP contribution in [0.2, 0.25) is 0 Å². The van der Waals surface area contributed by atoms with E-state index in [2.05, 4.69) is 5.32 Å². The molecule has 1 aromatic rings. The van der Waals surface area contributed by atoms with Crippen molar-refractivity contribution in [1.29, 1.82) is 0 Å². The standard InChI is InChI=1S/C29H44FN5O5S/c1-34(2)41(39,40)33-27(36)21-12-14-23(15-13-21)32-28(37)26-24(19-6-4-3-5-7-19)16-17-35(26)29(38)22-10-8-20(9-11-22)25(31)18-30/h12-15,19-20,22,24-26H,3-11,16-18,31H2,1-2H3,(H,32,37)(H,33,36)/t20?,22?,24-,25+,26-/m0/s1. The van der Waals surface area contributed by atoms with Crippen LogP contribution in [-0.4, -0.2) is 74.7 Å². The average Bonchev–Trinajstić information content (AvgIpc) is 3.42. The third kappa shape index (κ3) is 7.45. The molecular weight excluding hydrogens is 549 g/mol. The van der Waals surface area contributed by atoms with Crippen LogP contribution >= 0.6 is 0 Å². The number of nitrogens with zero attached hydrogens (tertiary/aromatic N) is 2. The Morgan fingerprint density at radius 2 is 1.63 bits per heavy atom. The summed E-state index contributed by atoms with van der Waals surface area (Å²) in [7, 11) is -1.29. The van der Waals surface area contributed by atoms with E-state index in [1.807, 2.05) is 4.72 Å². The predicted octanol–water partition coefficient (Wildman–Crippen LogP) is 3.06. The molecule has 0 bridgehead atoms. The van der Waals surface area contributed by atoms with Gasteiger partial charge in [0.25, 0.3) is 5.91 Å². The molecule has 0 unspecified atom stereocenters. The predicted molar refractivity (Wildman–Crippen MR) is 155 cm³/mol. The van der Waals surface area contributed by atoms with Crippen LogP contribution in [0.25, 0.3) is 0 Å². The summed E-state index contributed by atoms with van der Waals surface area (Å²) >= 11 is 0. The summed E-state index contributed by atoms with van der Waals surface area (Å²) in [5.41, 5.74) is 6.51. The number of alkyl halides is 1. The maximum atomic E-state index is 13.8. The summed E-state index contributed by atoms with van der Waals surface area (Å²) < 4.78 is 39.9. The zero-order chi connectivity index (χ0) is 29.7. The number of halogens is 1. The normalized spacial score (nSPS) is 26.5. The molecule has 0 spiro atoms. The molecule has 3 atom stereocenters. The molecule has 12 heteroatoms. The van der Waals surface area contributed by atoms with Crippen molar-refractivity contribution in [3.05, 3.63) is 29.8 Å². The van der Waals surface area contributed by atoms with Gasteiger partial charge in [0.1, 0.15) is 12.7 Å². The second kappa shape index (κ2) is 13.6. The fourth-order valence-electron chi connectivity index (χ4n) is 6.80. The molecule has 4 rings (SSSR count). The van der Waals surface area contributed by atoms with Crippen molar-refractivity contribution in [2.24, 2.45) is 29.4 Å². The topological polar surface area (TPSA) is 142 Å². The quantitative estimate of drug-likeness (QED) is 0.402. The number of amides is 3. The third-order valence-electron chi connectivity index (χ3n) is 9.27. The summed E-state index contributed by atoms with van der Waals surface area (Å²) in [6.45, 7) is -0.0109. The van der Waals surface area contributed by atoms with Crippen molar-refractivity contribution < 1.29 is 27.2 Å². The SMILES string of the molecule is CN(C)S(=O)(=O)NC(=O)c1ccc(NC(=O)[C@@H]2[C@H](C3CCCCC3)CCN2C(=O)C2CCC([C@H](N)CF)CC2)cc1. The molecule has 41 heavy (non-hydrogen) atoms. The molecule has 10 nitrogen and oxygen atoms in total. The van der Waals surface area contributed by atoms with E-state index in [0.717, 1.165) is 36.4 Å². The number of nitrogens with one attached hydrogen (secondary N) is 2. The Morgan fingerprint density at radius 1 is 1.00 bits per heavy atom. The van der Waals surface area contributed by atoms with E-state index in [1.54, 1.807) is 17.0 Å². The maximum Gasteiger partial charge on any atom is 0.303 e. The van der Waals surface area contributed by atoms with Gasteiger partial charge in [0.05, 0.1) is 0 Å². The van der Waals surface area contributed by atoms with Crippen LogP contribution < -0.4 is 15.8 Å². The number of carbonyl (C=O) groups excluding carboxylic acids is 3. The van der Waals surface area contributed by atoms with Gasteiger partial charge in [-0.15, -0.1) is 0 Å². The number of anilines is 1. The number of likely N-dealkylation sites (tertiary alicyclic amines) is 1.